The van der Waals surface area contributed by atoms with Gasteiger partial charge in [-0.2, -0.15) is 5.26 Å². The highest BCUT2D eigenvalue weighted by atomic mass is 14.9. The lowest BCUT2D eigenvalue weighted by Crippen LogP contribution is -2.29. The molecule has 170 valence electrons. The van der Waals surface area contributed by atoms with Crippen LogP contribution in [0.1, 0.15) is 55.9 Å². The number of nitriles is 1. The maximum Gasteiger partial charge on any atom is 0.0622 e. The van der Waals surface area contributed by atoms with Crippen LogP contribution in [0.25, 0.3) is 0 Å². The molecule has 4 rings (SSSR count). The molecule has 0 fully saturated rings. The molecule has 2 nitrogen and oxygen atoms in total. The van der Waals surface area contributed by atoms with Crippen LogP contribution in [0.3, 0.4) is 0 Å². The lowest BCUT2D eigenvalue weighted by molar-refractivity contribution is 0.569. The van der Waals surface area contributed by atoms with Crippen LogP contribution < -0.4 is 5.32 Å². The molecule has 0 spiro atoms. The fourth-order valence-electron chi connectivity index (χ4n) is 4.68. The van der Waals surface area contributed by atoms with E-state index in [1.807, 2.05) is 12.1 Å². The van der Waals surface area contributed by atoms with Gasteiger partial charge in [0.15, 0.2) is 0 Å². The van der Waals surface area contributed by atoms with E-state index in [-0.39, 0.29) is 10.8 Å². The van der Waals surface area contributed by atoms with Gasteiger partial charge in [0.1, 0.15) is 0 Å². The Morgan fingerprint density at radius 2 is 1.00 bits per heavy atom. The van der Waals surface area contributed by atoms with Gasteiger partial charge in [-0.3, -0.25) is 0 Å². The van der Waals surface area contributed by atoms with Gasteiger partial charge in [-0.15, -0.1) is 0 Å². The average Bonchev–Trinajstić information content (AvgIpc) is 2.86. The lowest BCUT2D eigenvalue weighted by atomic mass is 9.67. The van der Waals surface area contributed by atoms with Crippen molar-refractivity contribution in [1.29, 1.82) is 5.26 Å². The van der Waals surface area contributed by atoms with Crippen molar-refractivity contribution in [3.63, 3.8) is 0 Å². The second-order valence-electron chi connectivity index (χ2n) is 9.83. The van der Waals surface area contributed by atoms with Crippen molar-refractivity contribution in [1.82, 2.24) is 0 Å². The van der Waals surface area contributed by atoms with E-state index >= 15 is 0 Å². The van der Waals surface area contributed by atoms with Crippen LogP contribution >= 0.6 is 0 Å². The molecule has 4 aromatic carbocycles. The molecule has 0 radical (unpaired) electrons. The van der Waals surface area contributed by atoms with Crippen molar-refractivity contribution in [2.24, 2.45) is 0 Å². The van der Waals surface area contributed by atoms with Crippen LogP contribution in [-0.2, 0) is 10.8 Å². The summed E-state index contributed by atoms with van der Waals surface area (Å²) in [6, 6.07) is 40.8. The van der Waals surface area contributed by atoms with Gasteiger partial charge in [0.2, 0.25) is 0 Å². The third-order valence-corrected chi connectivity index (χ3v) is 6.56. The normalized spacial score (nSPS) is 11.6. The maximum absolute atomic E-state index is 9.49. The van der Waals surface area contributed by atoms with Gasteiger partial charge in [-0.1, -0.05) is 106 Å². The molecule has 0 saturated carbocycles. The molecule has 0 unspecified atom stereocenters. The summed E-state index contributed by atoms with van der Waals surface area (Å²) in [5, 5.41) is 13.0. The van der Waals surface area contributed by atoms with Crippen molar-refractivity contribution in [2.45, 2.75) is 44.4 Å². The number of rotatable bonds is 7. The highest BCUT2D eigenvalue weighted by Gasteiger charge is 2.35. The zero-order valence-corrected chi connectivity index (χ0v) is 20.3. The quantitative estimate of drug-likeness (QED) is 0.291. The molecule has 0 aliphatic carbocycles. The zero-order chi connectivity index (χ0) is 24.0. The minimum absolute atomic E-state index is 0.141. The Morgan fingerprint density at radius 1 is 0.588 bits per heavy atom. The van der Waals surface area contributed by atoms with E-state index in [0.717, 1.165) is 17.8 Å². The summed E-state index contributed by atoms with van der Waals surface area (Å²) in [7, 11) is 0. The third kappa shape index (κ3) is 4.90. The molecule has 4 aromatic rings. The number of anilines is 2. The second kappa shape index (κ2) is 9.98. The summed E-state index contributed by atoms with van der Waals surface area (Å²) >= 11 is 0. The highest BCUT2D eigenvalue weighted by Crippen LogP contribution is 2.43. The van der Waals surface area contributed by atoms with E-state index in [9.17, 15) is 5.26 Å². The molecule has 0 atom stereocenters. The predicted octanol–water partition coefficient (Wildman–Crippen LogP) is 8.37. The van der Waals surface area contributed by atoms with Gasteiger partial charge in [0.05, 0.1) is 6.07 Å². The van der Waals surface area contributed by atoms with E-state index in [4.69, 9.17) is 0 Å². The first-order chi connectivity index (χ1) is 16.4. The smallest absolute Gasteiger partial charge is 0.0622 e. The van der Waals surface area contributed by atoms with Crippen molar-refractivity contribution in [3.05, 3.63) is 131 Å². The maximum atomic E-state index is 9.49. The number of hydrogen-bond acceptors (Lipinski definition) is 2. The summed E-state index contributed by atoms with van der Waals surface area (Å²) in [6.07, 6.45) is 1.20. The molecule has 34 heavy (non-hydrogen) atoms. The molecular weight excluding hydrogens is 412 g/mol. The summed E-state index contributed by atoms with van der Waals surface area (Å²) < 4.78 is 0. The molecule has 0 amide bonds. The molecule has 0 aliphatic heterocycles. The van der Waals surface area contributed by atoms with Gasteiger partial charge in [-0.25, -0.2) is 0 Å². The number of hydrogen-bond donors (Lipinski definition) is 1. The molecule has 1 N–H and O–H groups in total. The largest absolute Gasteiger partial charge is 0.356 e. The van der Waals surface area contributed by atoms with E-state index < -0.39 is 0 Å². The number of nitrogens with one attached hydrogen (secondary N) is 1. The molecule has 0 bridgehead atoms. The molecule has 0 aliphatic rings. The van der Waals surface area contributed by atoms with Gasteiger partial charge in [0.25, 0.3) is 0 Å². The minimum atomic E-state index is -0.384. The highest BCUT2D eigenvalue weighted by molar-refractivity contribution is 5.62. The third-order valence-electron chi connectivity index (χ3n) is 6.56. The van der Waals surface area contributed by atoms with E-state index in [1.165, 1.54) is 22.3 Å². The van der Waals surface area contributed by atoms with Crippen LogP contribution in [0.2, 0.25) is 0 Å². The van der Waals surface area contributed by atoms with Crippen molar-refractivity contribution in [3.8, 4) is 6.07 Å². The summed E-state index contributed by atoms with van der Waals surface area (Å²) in [6.45, 7) is 6.69. The Hall–Kier alpha value is -3.83. The SMILES string of the molecule is CC(C)(C)c1ccc(Nc2ccc(C(CCC#N)(c3ccccc3)c3ccccc3)cc2)cc1. The van der Waals surface area contributed by atoms with Crippen LogP contribution in [0, 0.1) is 11.3 Å². The van der Waals surface area contributed by atoms with Crippen molar-refractivity contribution in [2.75, 3.05) is 5.32 Å². The summed E-state index contributed by atoms with van der Waals surface area (Å²) in [4.78, 5) is 0. The minimum Gasteiger partial charge on any atom is -0.356 e. The summed E-state index contributed by atoms with van der Waals surface area (Å²) in [5.74, 6) is 0. The van der Waals surface area contributed by atoms with E-state index in [0.29, 0.717) is 6.42 Å². The molecule has 0 heterocycles. The van der Waals surface area contributed by atoms with Gasteiger partial charge >= 0.3 is 0 Å². The number of benzene rings is 4. The fraction of sp³-hybridized carbons (Fsp3) is 0.219. The van der Waals surface area contributed by atoms with Crippen LogP contribution in [0.5, 0.6) is 0 Å². The first-order valence-electron chi connectivity index (χ1n) is 11.9. The Labute approximate surface area is 203 Å². The average molecular weight is 445 g/mol. The molecule has 0 aromatic heterocycles. The van der Waals surface area contributed by atoms with Crippen molar-refractivity contribution < 1.29 is 0 Å². The Bertz CT molecular complexity index is 1190. The molecule has 2 heteroatoms. The summed E-state index contributed by atoms with van der Waals surface area (Å²) in [5.41, 5.74) is 6.79. The van der Waals surface area contributed by atoms with E-state index in [1.54, 1.807) is 0 Å². The number of nitrogens with zero attached hydrogens (tertiary/aromatic N) is 1. The van der Waals surface area contributed by atoms with Gasteiger partial charge < -0.3 is 5.32 Å². The van der Waals surface area contributed by atoms with Crippen LogP contribution in [-0.4, -0.2) is 0 Å². The predicted molar refractivity (Wildman–Crippen MR) is 142 cm³/mol. The van der Waals surface area contributed by atoms with Crippen LogP contribution in [0.15, 0.2) is 109 Å². The molecular formula is C32H32N2. The van der Waals surface area contributed by atoms with Crippen molar-refractivity contribution >= 4 is 11.4 Å². The van der Waals surface area contributed by atoms with Crippen LogP contribution in [0.4, 0.5) is 11.4 Å². The van der Waals surface area contributed by atoms with E-state index in [2.05, 4.69) is 129 Å². The monoisotopic (exact) mass is 444 g/mol. The topological polar surface area (TPSA) is 35.8 Å². The Morgan fingerprint density at radius 3 is 1.41 bits per heavy atom. The Kier molecular flexibility index (Phi) is 6.85. The van der Waals surface area contributed by atoms with Gasteiger partial charge in [-0.05, 0) is 58.4 Å². The van der Waals surface area contributed by atoms with Gasteiger partial charge in [0, 0.05) is 23.2 Å². The zero-order valence-electron chi connectivity index (χ0n) is 20.3. The lowest BCUT2D eigenvalue weighted by Gasteiger charge is -2.35. The first-order valence-corrected chi connectivity index (χ1v) is 11.9. The standard InChI is InChI=1S/C32H32N2/c1-31(2,3)25-15-19-29(20-16-25)34-30-21-17-28(18-22-30)32(23-10-24-33,26-11-6-4-7-12-26)27-13-8-5-9-14-27/h4-9,11-22,34H,10,23H2,1-3H3. The Balaban J connectivity index is 1.71. The first kappa shape index (κ1) is 23.3. The fourth-order valence-corrected chi connectivity index (χ4v) is 4.68. The second-order valence-corrected chi connectivity index (χ2v) is 9.83. The molecule has 0 saturated heterocycles.